The summed E-state index contributed by atoms with van der Waals surface area (Å²) in [7, 11) is 0. The number of nitrogens with zero attached hydrogens (tertiary/aromatic N) is 2. The highest BCUT2D eigenvalue weighted by Crippen LogP contribution is 2.19. The van der Waals surface area contributed by atoms with Crippen LogP contribution in [0.5, 0.6) is 0 Å². The topological polar surface area (TPSA) is 88.6 Å². The van der Waals surface area contributed by atoms with Crippen LogP contribution in [0.1, 0.15) is 31.0 Å². The number of benzene rings is 1. The Morgan fingerprint density at radius 3 is 2.83 bits per heavy atom. The number of rotatable bonds is 6. The lowest BCUT2D eigenvalue weighted by molar-refractivity contribution is -0.384. The summed E-state index contributed by atoms with van der Waals surface area (Å²) in [5.41, 5.74) is 1.60. The van der Waals surface area contributed by atoms with E-state index in [-0.39, 0.29) is 17.8 Å². The average molecular weight is 317 g/mol. The molecular weight excluding hydrogens is 298 g/mol. The number of hydrogen-bond acceptors (Lipinski definition) is 4. The van der Waals surface area contributed by atoms with Gasteiger partial charge in [0.05, 0.1) is 30.0 Å². The van der Waals surface area contributed by atoms with Gasteiger partial charge in [-0.1, -0.05) is 12.1 Å². The highest BCUT2D eigenvalue weighted by molar-refractivity contribution is 5.74. The van der Waals surface area contributed by atoms with E-state index in [4.69, 9.17) is 4.42 Å². The van der Waals surface area contributed by atoms with Crippen molar-refractivity contribution in [3.8, 4) is 0 Å². The number of carbonyl (C=O) groups excluding carboxylic acids is 1. The van der Waals surface area contributed by atoms with Gasteiger partial charge < -0.3 is 14.6 Å². The zero-order valence-corrected chi connectivity index (χ0v) is 13.1. The summed E-state index contributed by atoms with van der Waals surface area (Å²) in [6.45, 7) is 4.67. The molecule has 0 saturated heterocycles. The first-order valence-corrected chi connectivity index (χ1v) is 7.32. The molecule has 1 N–H and O–H groups in total. The molecule has 0 aliphatic carbocycles. The number of nitro benzene ring substituents is 1. The lowest BCUT2D eigenvalue weighted by Crippen LogP contribution is -2.40. The van der Waals surface area contributed by atoms with E-state index in [1.165, 1.54) is 12.1 Å². The Labute approximate surface area is 134 Å². The van der Waals surface area contributed by atoms with Crippen molar-refractivity contribution in [2.24, 2.45) is 0 Å². The number of hydrogen-bond donors (Lipinski definition) is 1. The molecule has 23 heavy (non-hydrogen) atoms. The molecule has 0 aliphatic heterocycles. The van der Waals surface area contributed by atoms with E-state index in [0.29, 0.717) is 18.7 Å². The molecule has 1 aromatic carbocycles. The molecule has 7 nitrogen and oxygen atoms in total. The molecule has 0 fully saturated rings. The van der Waals surface area contributed by atoms with Crippen LogP contribution in [-0.4, -0.2) is 22.4 Å². The summed E-state index contributed by atoms with van der Waals surface area (Å²) < 4.78 is 5.00. The van der Waals surface area contributed by atoms with Crippen molar-refractivity contribution >= 4 is 11.7 Å². The summed E-state index contributed by atoms with van der Waals surface area (Å²) in [4.78, 5) is 24.4. The quantitative estimate of drug-likeness (QED) is 0.652. The molecule has 1 heterocycles. The highest BCUT2D eigenvalue weighted by atomic mass is 16.6. The fourth-order valence-electron chi connectivity index (χ4n) is 2.20. The van der Waals surface area contributed by atoms with Gasteiger partial charge in [-0.3, -0.25) is 10.1 Å². The van der Waals surface area contributed by atoms with Crippen LogP contribution in [0.3, 0.4) is 0 Å². The fraction of sp³-hybridized carbons (Fsp3) is 0.312. The number of nitrogens with one attached hydrogen (secondary N) is 1. The molecule has 122 valence electrons. The summed E-state index contributed by atoms with van der Waals surface area (Å²) in [6, 6.07) is 7.50. The van der Waals surface area contributed by atoms with Gasteiger partial charge in [0, 0.05) is 24.2 Å². The number of nitro groups is 1. The second-order valence-electron chi connectivity index (χ2n) is 5.17. The molecule has 2 amide bonds. The number of amides is 2. The number of furan rings is 1. The standard InChI is InChI=1S/C16H19N3O4/c1-3-18(10-13-7-8-23-11-13)16(20)17-12(2)14-5-4-6-15(9-14)19(21)22/h4-9,11-12H,3,10H2,1-2H3,(H,17,20)/t12-/m0/s1. The minimum Gasteiger partial charge on any atom is -0.472 e. The minimum atomic E-state index is -0.449. The lowest BCUT2D eigenvalue weighted by atomic mass is 10.1. The summed E-state index contributed by atoms with van der Waals surface area (Å²) in [5, 5.41) is 13.7. The Morgan fingerprint density at radius 1 is 1.43 bits per heavy atom. The van der Waals surface area contributed by atoms with Gasteiger partial charge in [0.1, 0.15) is 0 Å². The van der Waals surface area contributed by atoms with Crippen molar-refractivity contribution in [3.63, 3.8) is 0 Å². The van der Waals surface area contributed by atoms with E-state index < -0.39 is 4.92 Å². The van der Waals surface area contributed by atoms with Crippen LogP contribution in [-0.2, 0) is 6.54 Å². The van der Waals surface area contributed by atoms with E-state index in [0.717, 1.165) is 5.56 Å². The molecule has 0 aliphatic rings. The van der Waals surface area contributed by atoms with Gasteiger partial charge in [0.25, 0.3) is 5.69 Å². The van der Waals surface area contributed by atoms with Crippen LogP contribution >= 0.6 is 0 Å². The normalized spacial score (nSPS) is 11.7. The van der Waals surface area contributed by atoms with Gasteiger partial charge in [-0.25, -0.2) is 4.79 Å². The highest BCUT2D eigenvalue weighted by Gasteiger charge is 2.17. The summed E-state index contributed by atoms with van der Waals surface area (Å²) in [5.74, 6) is 0. The third-order valence-electron chi connectivity index (χ3n) is 3.54. The second kappa shape index (κ2) is 7.44. The van der Waals surface area contributed by atoms with E-state index in [2.05, 4.69) is 5.32 Å². The Kier molecular flexibility index (Phi) is 5.35. The van der Waals surface area contributed by atoms with Crippen molar-refractivity contribution in [2.75, 3.05) is 6.54 Å². The zero-order valence-electron chi connectivity index (χ0n) is 13.1. The predicted octanol–water partition coefficient (Wildman–Crippen LogP) is 3.48. The smallest absolute Gasteiger partial charge is 0.318 e. The van der Waals surface area contributed by atoms with Crippen molar-refractivity contribution in [2.45, 2.75) is 26.4 Å². The third kappa shape index (κ3) is 4.32. The van der Waals surface area contributed by atoms with Gasteiger partial charge in [0.2, 0.25) is 0 Å². The van der Waals surface area contributed by atoms with Crippen molar-refractivity contribution in [3.05, 3.63) is 64.1 Å². The van der Waals surface area contributed by atoms with E-state index in [9.17, 15) is 14.9 Å². The van der Waals surface area contributed by atoms with Gasteiger partial charge in [0.15, 0.2) is 0 Å². The summed E-state index contributed by atoms with van der Waals surface area (Å²) >= 11 is 0. The maximum atomic E-state index is 12.4. The third-order valence-corrected chi connectivity index (χ3v) is 3.54. The van der Waals surface area contributed by atoms with Gasteiger partial charge in [-0.15, -0.1) is 0 Å². The predicted molar refractivity (Wildman–Crippen MR) is 84.8 cm³/mol. The number of carbonyl (C=O) groups is 1. The SMILES string of the molecule is CCN(Cc1ccoc1)C(=O)N[C@@H](C)c1cccc([N+](=O)[O-])c1. The van der Waals surface area contributed by atoms with Crippen LogP contribution in [0.2, 0.25) is 0 Å². The Morgan fingerprint density at radius 2 is 2.22 bits per heavy atom. The molecule has 1 aromatic heterocycles. The van der Waals surface area contributed by atoms with Crippen LogP contribution in [0.15, 0.2) is 47.3 Å². The van der Waals surface area contributed by atoms with Crippen LogP contribution in [0, 0.1) is 10.1 Å². The monoisotopic (exact) mass is 317 g/mol. The van der Waals surface area contributed by atoms with Crippen LogP contribution < -0.4 is 5.32 Å². The first-order chi connectivity index (χ1) is 11.0. The summed E-state index contributed by atoms with van der Waals surface area (Å²) in [6.07, 6.45) is 3.16. The van der Waals surface area contributed by atoms with E-state index >= 15 is 0 Å². The molecule has 0 spiro atoms. The molecule has 2 aromatic rings. The Balaban J connectivity index is 2.03. The zero-order chi connectivity index (χ0) is 16.8. The Hall–Kier alpha value is -2.83. The van der Waals surface area contributed by atoms with Gasteiger partial charge in [-0.2, -0.15) is 0 Å². The van der Waals surface area contributed by atoms with Gasteiger partial charge >= 0.3 is 6.03 Å². The maximum absolute atomic E-state index is 12.4. The molecule has 0 unspecified atom stereocenters. The molecule has 1 atom stereocenters. The number of urea groups is 1. The van der Waals surface area contributed by atoms with Crippen LogP contribution in [0.25, 0.3) is 0 Å². The average Bonchev–Trinajstić information content (AvgIpc) is 3.05. The Bertz CT molecular complexity index is 670. The molecular formula is C16H19N3O4. The van der Waals surface area contributed by atoms with Crippen molar-refractivity contribution in [1.29, 1.82) is 0 Å². The molecule has 0 bridgehead atoms. The minimum absolute atomic E-state index is 0.00865. The van der Waals surface area contributed by atoms with Crippen molar-refractivity contribution < 1.29 is 14.1 Å². The van der Waals surface area contributed by atoms with Crippen molar-refractivity contribution in [1.82, 2.24) is 10.2 Å². The van der Waals surface area contributed by atoms with E-state index in [1.807, 2.05) is 6.92 Å². The lowest BCUT2D eigenvalue weighted by Gasteiger charge is -2.23. The molecule has 2 rings (SSSR count). The molecule has 0 radical (unpaired) electrons. The largest absolute Gasteiger partial charge is 0.472 e. The first kappa shape index (κ1) is 16.5. The number of non-ortho nitro benzene ring substituents is 1. The first-order valence-electron chi connectivity index (χ1n) is 7.32. The molecule has 7 heteroatoms. The van der Waals surface area contributed by atoms with E-state index in [1.54, 1.807) is 42.5 Å². The second-order valence-corrected chi connectivity index (χ2v) is 5.17. The van der Waals surface area contributed by atoms with Crippen LogP contribution in [0.4, 0.5) is 10.5 Å². The maximum Gasteiger partial charge on any atom is 0.318 e. The fourth-order valence-corrected chi connectivity index (χ4v) is 2.20. The molecule has 0 saturated carbocycles. The van der Waals surface area contributed by atoms with Gasteiger partial charge in [-0.05, 0) is 25.5 Å².